The van der Waals surface area contributed by atoms with E-state index in [0.29, 0.717) is 0 Å². The number of hydrogen-bond acceptors (Lipinski definition) is 6. The topological polar surface area (TPSA) is 121 Å². The zero-order chi connectivity index (χ0) is 10.6. The van der Waals surface area contributed by atoms with Crippen molar-refractivity contribution in [1.29, 1.82) is 0 Å². The standard InChI is InChI=1S/C7H16O6/c1-3(9)5(11)7(13)6(12)4(10)2-8/h3-13H,2H2,1H3/t3-,4-,5-,6?,7?/m1/s1. The van der Waals surface area contributed by atoms with E-state index in [1.807, 2.05) is 0 Å². The highest BCUT2D eigenvalue weighted by atomic mass is 16.4. The molecule has 0 fully saturated rings. The maximum Gasteiger partial charge on any atom is 0.111 e. The summed E-state index contributed by atoms with van der Waals surface area (Å²) in [5.41, 5.74) is 0. The molecule has 0 amide bonds. The third-order valence-corrected chi connectivity index (χ3v) is 1.78. The average molecular weight is 196 g/mol. The lowest BCUT2D eigenvalue weighted by Crippen LogP contribution is -2.49. The monoisotopic (exact) mass is 196 g/mol. The molecule has 6 nitrogen and oxygen atoms in total. The van der Waals surface area contributed by atoms with Gasteiger partial charge in [-0.15, -0.1) is 0 Å². The Morgan fingerprint density at radius 1 is 0.846 bits per heavy atom. The molecule has 2 unspecified atom stereocenters. The number of aliphatic hydroxyl groups excluding tert-OH is 6. The summed E-state index contributed by atoms with van der Waals surface area (Å²) >= 11 is 0. The van der Waals surface area contributed by atoms with E-state index in [1.54, 1.807) is 0 Å². The highest BCUT2D eigenvalue weighted by Crippen LogP contribution is 2.07. The van der Waals surface area contributed by atoms with Crippen LogP contribution in [0.1, 0.15) is 6.92 Å². The van der Waals surface area contributed by atoms with Crippen LogP contribution in [-0.4, -0.2) is 67.8 Å². The molecule has 0 bridgehead atoms. The van der Waals surface area contributed by atoms with Crippen LogP contribution in [0, 0.1) is 0 Å². The minimum absolute atomic E-state index is 0.731. The Morgan fingerprint density at radius 3 is 1.62 bits per heavy atom. The Labute approximate surface area is 75.7 Å². The molecule has 0 saturated heterocycles. The highest BCUT2D eigenvalue weighted by Gasteiger charge is 2.32. The number of hydrogen-bond donors (Lipinski definition) is 6. The molecule has 0 rings (SSSR count). The summed E-state index contributed by atoms with van der Waals surface area (Å²) in [6.07, 6.45) is -7.70. The van der Waals surface area contributed by atoms with Crippen molar-refractivity contribution >= 4 is 0 Å². The van der Waals surface area contributed by atoms with Gasteiger partial charge >= 0.3 is 0 Å². The lowest BCUT2D eigenvalue weighted by atomic mass is 10.0. The van der Waals surface area contributed by atoms with Crippen molar-refractivity contribution in [2.75, 3.05) is 6.61 Å². The normalized spacial score (nSPS) is 23.3. The molecule has 0 aromatic rings. The van der Waals surface area contributed by atoms with E-state index in [1.165, 1.54) is 6.92 Å². The van der Waals surface area contributed by atoms with Crippen LogP contribution in [-0.2, 0) is 0 Å². The summed E-state index contributed by atoms with van der Waals surface area (Å²) in [5, 5.41) is 53.4. The van der Waals surface area contributed by atoms with Gasteiger partial charge in [-0.25, -0.2) is 0 Å². The smallest absolute Gasteiger partial charge is 0.111 e. The van der Waals surface area contributed by atoms with Crippen molar-refractivity contribution in [1.82, 2.24) is 0 Å². The van der Waals surface area contributed by atoms with Gasteiger partial charge < -0.3 is 30.6 Å². The maximum atomic E-state index is 9.13. The summed E-state index contributed by atoms with van der Waals surface area (Å²) < 4.78 is 0. The number of rotatable bonds is 5. The molecule has 13 heavy (non-hydrogen) atoms. The molecule has 0 aliphatic heterocycles. The molecule has 0 heterocycles. The molecule has 0 aromatic heterocycles. The molecule has 0 radical (unpaired) electrons. The van der Waals surface area contributed by atoms with Gasteiger partial charge in [-0.1, -0.05) is 0 Å². The van der Waals surface area contributed by atoms with Crippen molar-refractivity contribution in [2.45, 2.75) is 37.4 Å². The molecule has 6 N–H and O–H groups in total. The van der Waals surface area contributed by atoms with Gasteiger partial charge in [0.2, 0.25) is 0 Å². The van der Waals surface area contributed by atoms with Crippen molar-refractivity contribution in [3.63, 3.8) is 0 Å². The second-order valence-electron chi connectivity index (χ2n) is 2.96. The van der Waals surface area contributed by atoms with Crippen LogP contribution in [0.25, 0.3) is 0 Å². The molecule has 80 valence electrons. The van der Waals surface area contributed by atoms with E-state index in [-0.39, 0.29) is 0 Å². The molecular weight excluding hydrogens is 180 g/mol. The van der Waals surface area contributed by atoms with Gasteiger partial charge in [0.15, 0.2) is 0 Å². The van der Waals surface area contributed by atoms with Crippen LogP contribution >= 0.6 is 0 Å². The van der Waals surface area contributed by atoms with Crippen LogP contribution in [0.5, 0.6) is 0 Å². The first kappa shape index (κ1) is 12.8. The van der Waals surface area contributed by atoms with Gasteiger partial charge in [0.25, 0.3) is 0 Å². The van der Waals surface area contributed by atoms with Gasteiger partial charge in [-0.2, -0.15) is 0 Å². The fraction of sp³-hybridized carbons (Fsp3) is 1.00. The van der Waals surface area contributed by atoms with Crippen molar-refractivity contribution in [3.05, 3.63) is 0 Å². The number of aliphatic hydroxyl groups is 6. The van der Waals surface area contributed by atoms with Crippen molar-refractivity contribution in [2.24, 2.45) is 0 Å². The maximum absolute atomic E-state index is 9.13. The Morgan fingerprint density at radius 2 is 1.31 bits per heavy atom. The quantitative estimate of drug-likeness (QED) is 0.275. The fourth-order valence-electron chi connectivity index (χ4n) is 0.823. The Kier molecular flexibility index (Phi) is 5.38. The van der Waals surface area contributed by atoms with Crippen LogP contribution in [0.2, 0.25) is 0 Å². The largest absolute Gasteiger partial charge is 0.394 e. The SMILES string of the molecule is C[C@@H](O)[C@@H](O)C(O)C(O)[C@H](O)CO. The van der Waals surface area contributed by atoms with E-state index in [2.05, 4.69) is 0 Å². The lowest BCUT2D eigenvalue weighted by Gasteiger charge is -2.26. The molecule has 0 spiro atoms. The Bertz CT molecular complexity index is 139. The second kappa shape index (κ2) is 5.48. The summed E-state index contributed by atoms with van der Waals surface area (Å²) in [6, 6.07) is 0. The first-order chi connectivity index (χ1) is 5.91. The summed E-state index contributed by atoms with van der Waals surface area (Å²) in [7, 11) is 0. The lowest BCUT2D eigenvalue weighted by molar-refractivity contribution is -0.137. The van der Waals surface area contributed by atoms with Gasteiger partial charge in [0, 0.05) is 0 Å². The molecule has 0 aliphatic carbocycles. The van der Waals surface area contributed by atoms with E-state index in [0.717, 1.165) is 0 Å². The Balaban J connectivity index is 4.15. The first-order valence-electron chi connectivity index (χ1n) is 3.93. The second-order valence-corrected chi connectivity index (χ2v) is 2.96. The van der Waals surface area contributed by atoms with E-state index < -0.39 is 37.1 Å². The summed E-state index contributed by atoms with van der Waals surface area (Å²) in [6.45, 7) is 0.497. The van der Waals surface area contributed by atoms with Crippen LogP contribution in [0.3, 0.4) is 0 Å². The molecule has 0 aromatic carbocycles. The van der Waals surface area contributed by atoms with Crippen molar-refractivity contribution < 1.29 is 30.6 Å². The summed E-state index contributed by atoms with van der Waals surface area (Å²) in [5.74, 6) is 0. The third-order valence-electron chi connectivity index (χ3n) is 1.78. The van der Waals surface area contributed by atoms with Crippen molar-refractivity contribution in [3.8, 4) is 0 Å². The Hall–Kier alpha value is -0.240. The average Bonchev–Trinajstić information content (AvgIpc) is 2.12. The molecular formula is C7H16O6. The van der Waals surface area contributed by atoms with Gasteiger partial charge in [0.05, 0.1) is 12.7 Å². The van der Waals surface area contributed by atoms with Gasteiger partial charge in [-0.3, -0.25) is 0 Å². The molecule has 6 heteroatoms. The fourth-order valence-corrected chi connectivity index (χ4v) is 0.823. The summed E-state index contributed by atoms with van der Waals surface area (Å²) in [4.78, 5) is 0. The van der Waals surface area contributed by atoms with Crippen LogP contribution in [0.15, 0.2) is 0 Å². The minimum atomic E-state index is -1.69. The van der Waals surface area contributed by atoms with Crippen LogP contribution in [0.4, 0.5) is 0 Å². The zero-order valence-corrected chi connectivity index (χ0v) is 7.28. The minimum Gasteiger partial charge on any atom is -0.394 e. The zero-order valence-electron chi connectivity index (χ0n) is 7.28. The molecule has 0 aliphatic rings. The van der Waals surface area contributed by atoms with E-state index in [4.69, 9.17) is 30.6 Å². The van der Waals surface area contributed by atoms with E-state index in [9.17, 15) is 0 Å². The first-order valence-corrected chi connectivity index (χ1v) is 3.93. The predicted molar refractivity (Wildman–Crippen MR) is 42.8 cm³/mol. The predicted octanol–water partition coefficient (Wildman–Crippen LogP) is -3.20. The van der Waals surface area contributed by atoms with Crippen LogP contribution < -0.4 is 0 Å². The van der Waals surface area contributed by atoms with Gasteiger partial charge in [0.1, 0.15) is 24.4 Å². The van der Waals surface area contributed by atoms with E-state index >= 15 is 0 Å². The van der Waals surface area contributed by atoms with Gasteiger partial charge in [-0.05, 0) is 6.92 Å². The molecule has 0 saturated carbocycles. The molecule has 5 atom stereocenters. The third kappa shape index (κ3) is 3.55. The highest BCUT2D eigenvalue weighted by molar-refractivity contribution is 4.82.